The number of likely N-dealkylation sites (tertiary alicyclic amines) is 2. The Morgan fingerprint density at radius 2 is 2.07 bits per heavy atom. The number of hydrogen-bond acceptors (Lipinski definition) is 4. The summed E-state index contributed by atoms with van der Waals surface area (Å²) in [4.78, 5) is 34.3. The van der Waals surface area contributed by atoms with E-state index in [1.165, 1.54) is 23.5 Å². The molecule has 2 aliphatic heterocycles. The van der Waals surface area contributed by atoms with Crippen molar-refractivity contribution in [1.29, 1.82) is 0 Å². The molecule has 3 aromatic rings. The third-order valence-corrected chi connectivity index (χ3v) is 6.81. The summed E-state index contributed by atoms with van der Waals surface area (Å²) in [6.45, 7) is 1.60. The summed E-state index contributed by atoms with van der Waals surface area (Å²) >= 11 is 1.37. The first-order chi connectivity index (χ1) is 14.1. The van der Waals surface area contributed by atoms with Crippen molar-refractivity contribution in [3.63, 3.8) is 0 Å². The molecule has 5 nitrogen and oxygen atoms in total. The fourth-order valence-electron chi connectivity index (χ4n) is 4.38. The van der Waals surface area contributed by atoms with Crippen LogP contribution in [0.25, 0.3) is 10.2 Å². The average Bonchev–Trinajstić information content (AvgIpc) is 3.16. The zero-order valence-corrected chi connectivity index (χ0v) is 16.6. The fourth-order valence-corrected chi connectivity index (χ4v) is 5.30. The molecule has 0 N–H and O–H groups in total. The highest BCUT2D eigenvalue weighted by molar-refractivity contribution is 7.20. The van der Waals surface area contributed by atoms with E-state index in [2.05, 4.69) is 4.98 Å². The van der Waals surface area contributed by atoms with Gasteiger partial charge in [0, 0.05) is 19.6 Å². The number of rotatable bonds is 3. The molecule has 0 saturated carbocycles. The van der Waals surface area contributed by atoms with Gasteiger partial charge in [0.1, 0.15) is 11.9 Å². The molecule has 0 unspecified atom stereocenters. The summed E-state index contributed by atoms with van der Waals surface area (Å²) in [6, 6.07) is 13.5. The lowest BCUT2D eigenvalue weighted by Crippen LogP contribution is -2.59. The molecular weight excluding hydrogens is 389 g/mol. The Balaban J connectivity index is 1.38. The Morgan fingerprint density at radius 3 is 2.90 bits per heavy atom. The molecule has 2 atom stereocenters. The van der Waals surface area contributed by atoms with E-state index >= 15 is 0 Å². The SMILES string of the molecule is O=C1[C@H]2C[C@H](CCN2C(=O)c2nc3ccccc3s2)CN1Cc1cccc(F)c1. The summed E-state index contributed by atoms with van der Waals surface area (Å²) in [5, 5.41) is 0.430. The van der Waals surface area contributed by atoms with Gasteiger partial charge in [-0.2, -0.15) is 0 Å². The van der Waals surface area contributed by atoms with Gasteiger partial charge in [-0.05, 0) is 48.6 Å². The van der Waals surface area contributed by atoms with E-state index < -0.39 is 6.04 Å². The normalized spacial score (nSPS) is 21.6. The van der Waals surface area contributed by atoms with Gasteiger partial charge in [-0.25, -0.2) is 9.37 Å². The van der Waals surface area contributed by atoms with Crippen LogP contribution < -0.4 is 0 Å². The minimum atomic E-state index is -0.462. The molecule has 0 spiro atoms. The quantitative estimate of drug-likeness (QED) is 0.663. The van der Waals surface area contributed by atoms with Crippen LogP contribution in [0.5, 0.6) is 0 Å². The molecule has 3 heterocycles. The third-order valence-electron chi connectivity index (χ3n) is 5.79. The Morgan fingerprint density at radius 1 is 1.21 bits per heavy atom. The predicted octanol–water partition coefficient (Wildman–Crippen LogP) is 3.70. The summed E-state index contributed by atoms with van der Waals surface area (Å²) in [5.41, 5.74) is 1.57. The van der Waals surface area contributed by atoms with Gasteiger partial charge >= 0.3 is 0 Å². The zero-order valence-electron chi connectivity index (χ0n) is 15.8. The summed E-state index contributed by atoms with van der Waals surface area (Å²) in [5.74, 6) is -0.166. The van der Waals surface area contributed by atoms with Crippen LogP contribution in [0.4, 0.5) is 4.39 Å². The fraction of sp³-hybridized carbons (Fsp3) is 0.318. The van der Waals surface area contributed by atoms with Crippen LogP contribution in [0, 0.1) is 11.7 Å². The Kier molecular flexibility index (Phi) is 4.54. The van der Waals surface area contributed by atoms with E-state index in [1.807, 2.05) is 30.3 Å². The standard InChI is InChI=1S/C22H20FN3O2S/c23-16-5-3-4-14(10-16)12-25-13-15-8-9-26(18(11-15)21(25)27)22(28)20-24-17-6-1-2-7-19(17)29-20/h1-7,10,15,18H,8-9,11-13H2/t15-,18+/m0/s1. The highest BCUT2D eigenvalue weighted by Gasteiger charge is 2.43. The van der Waals surface area contributed by atoms with Gasteiger partial charge in [-0.3, -0.25) is 9.59 Å². The number of amides is 2. The predicted molar refractivity (Wildman–Crippen MR) is 109 cm³/mol. The third kappa shape index (κ3) is 3.40. The first-order valence-corrected chi connectivity index (χ1v) is 10.6. The molecule has 2 aliphatic rings. The molecule has 2 bridgehead atoms. The van der Waals surface area contributed by atoms with E-state index in [0.29, 0.717) is 37.0 Å². The maximum Gasteiger partial charge on any atom is 0.283 e. The molecule has 1 aromatic heterocycles. The number of nitrogens with zero attached hydrogens (tertiary/aromatic N) is 3. The number of para-hydroxylation sites is 1. The number of piperidine rings is 2. The minimum absolute atomic E-state index is 0.0559. The summed E-state index contributed by atoms with van der Waals surface area (Å²) in [6.07, 6.45) is 1.55. The average molecular weight is 409 g/mol. The van der Waals surface area contributed by atoms with Crippen molar-refractivity contribution in [1.82, 2.24) is 14.8 Å². The van der Waals surface area contributed by atoms with Gasteiger partial charge < -0.3 is 9.80 Å². The van der Waals surface area contributed by atoms with Crippen LogP contribution in [-0.2, 0) is 11.3 Å². The maximum atomic E-state index is 13.5. The molecule has 0 radical (unpaired) electrons. The second-order valence-electron chi connectivity index (χ2n) is 7.74. The highest BCUT2D eigenvalue weighted by Crippen LogP contribution is 2.33. The molecule has 2 fully saturated rings. The second-order valence-corrected chi connectivity index (χ2v) is 8.77. The number of carbonyl (C=O) groups excluding carboxylic acids is 2. The number of fused-ring (bicyclic) bond motifs is 3. The van der Waals surface area contributed by atoms with Crippen LogP contribution in [0.2, 0.25) is 0 Å². The Bertz CT molecular complexity index is 1070. The lowest BCUT2D eigenvalue weighted by atomic mass is 9.85. The van der Waals surface area contributed by atoms with E-state index in [9.17, 15) is 14.0 Å². The van der Waals surface area contributed by atoms with Crippen LogP contribution in [0.15, 0.2) is 48.5 Å². The molecule has 2 amide bonds. The van der Waals surface area contributed by atoms with Crippen LogP contribution in [-0.4, -0.2) is 45.7 Å². The van der Waals surface area contributed by atoms with Crippen LogP contribution in [0.1, 0.15) is 28.2 Å². The molecule has 2 aromatic carbocycles. The molecular formula is C22H20FN3O2S. The van der Waals surface area contributed by atoms with E-state index in [-0.39, 0.29) is 17.6 Å². The Hall–Kier alpha value is -2.80. The molecule has 7 heteroatoms. The van der Waals surface area contributed by atoms with Gasteiger partial charge in [0.25, 0.3) is 5.91 Å². The van der Waals surface area contributed by atoms with E-state index in [1.54, 1.807) is 15.9 Å². The van der Waals surface area contributed by atoms with Gasteiger partial charge in [0.05, 0.1) is 10.2 Å². The number of thiazole rings is 1. The number of hydrogen-bond donors (Lipinski definition) is 0. The van der Waals surface area contributed by atoms with Gasteiger partial charge in [0.15, 0.2) is 5.01 Å². The van der Waals surface area contributed by atoms with Crippen LogP contribution in [0.3, 0.4) is 0 Å². The van der Waals surface area contributed by atoms with Crippen molar-refractivity contribution in [3.05, 3.63) is 64.9 Å². The summed E-state index contributed by atoms with van der Waals surface area (Å²) in [7, 11) is 0. The minimum Gasteiger partial charge on any atom is -0.336 e. The topological polar surface area (TPSA) is 53.5 Å². The summed E-state index contributed by atoms with van der Waals surface area (Å²) < 4.78 is 14.5. The smallest absolute Gasteiger partial charge is 0.283 e. The van der Waals surface area contributed by atoms with E-state index in [4.69, 9.17) is 0 Å². The second kappa shape index (κ2) is 7.22. The number of carbonyl (C=O) groups is 2. The van der Waals surface area contributed by atoms with Gasteiger partial charge in [-0.1, -0.05) is 24.3 Å². The van der Waals surface area contributed by atoms with Crippen molar-refractivity contribution >= 4 is 33.4 Å². The van der Waals surface area contributed by atoms with E-state index in [0.717, 1.165) is 22.2 Å². The highest BCUT2D eigenvalue weighted by atomic mass is 32.1. The van der Waals surface area contributed by atoms with Crippen molar-refractivity contribution < 1.29 is 14.0 Å². The first-order valence-electron chi connectivity index (χ1n) is 9.78. The molecule has 5 rings (SSSR count). The number of aromatic nitrogens is 1. The van der Waals surface area contributed by atoms with Crippen molar-refractivity contribution in [2.75, 3.05) is 13.1 Å². The molecule has 29 heavy (non-hydrogen) atoms. The number of benzene rings is 2. The van der Waals surface area contributed by atoms with Crippen molar-refractivity contribution in [2.24, 2.45) is 5.92 Å². The van der Waals surface area contributed by atoms with Crippen LogP contribution >= 0.6 is 11.3 Å². The maximum absolute atomic E-state index is 13.5. The Labute approximate surface area is 171 Å². The monoisotopic (exact) mass is 409 g/mol. The molecule has 148 valence electrons. The largest absolute Gasteiger partial charge is 0.336 e. The number of halogens is 1. The molecule has 2 saturated heterocycles. The van der Waals surface area contributed by atoms with Crippen molar-refractivity contribution in [2.45, 2.75) is 25.4 Å². The van der Waals surface area contributed by atoms with Gasteiger partial charge in [-0.15, -0.1) is 11.3 Å². The first kappa shape index (κ1) is 18.2. The van der Waals surface area contributed by atoms with Crippen molar-refractivity contribution in [3.8, 4) is 0 Å². The zero-order chi connectivity index (χ0) is 20.0. The lowest BCUT2D eigenvalue weighted by molar-refractivity contribution is -0.144. The lowest BCUT2D eigenvalue weighted by Gasteiger charge is -2.46. The molecule has 0 aliphatic carbocycles. The van der Waals surface area contributed by atoms with Gasteiger partial charge in [0.2, 0.25) is 5.91 Å².